The lowest BCUT2D eigenvalue weighted by Gasteiger charge is -2.09. The summed E-state index contributed by atoms with van der Waals surface area (Å²) in [5, 5.41) is 23.9. The molecule has 0 radical (unpaired) electrons. The lowest BCUT2D eigenvalue weighted by Crippen LogP contribution is -2.34. The van der Waals surface area contributed by atoms with Crippen molar-refractivity contribution in [3.05, 3.63) is 68.5 Å². The third-order valence-electron chi connectivity index (χ3n) is 3.25. The quantitative estimate of drug-likeness (QED) is 0.391. The minimum absolute atomic E-state index is 0.170. The van der Waals surface area contributed by atoms with Gasteiger partial charge in [0.25, 0.3) is 22.9 Å². The number of carbonyl (C=O) groups excluding carboxylic acids is 2. The van der Waals surface area contributed by atoms with Gasteiger partial charge in [0.15, 0.2) is 0 Å². The topological polar surface area (TPSA) is 143 Å². The van der Waals surface area contributed by atoms with Gasteiger partial charge in [-0.05, 0) is 18.6 Å². The van der Waals surface area contributed by atoms with Crippen molar-refractivity contribution in [1.29, 1.82) is 0 Å². The Morgan fingerprint density at radius 1 is 0.800 bits per heavy atom. The molecule has 0 bridgehead atoms. The zero-order valence-electron chi connectivity index (χ0n) is 13.0. The van der Waals surface area contributed by atoms with Crippen LogP contribution in [-0.4, -0.2) is 44.8 Å². The van der Waals surface area contributed by atoms with Crippen molar-refractivity contribution in [3.63, 3.8) is 0 Å². The summed E-state index contributed by atoms with van der Waals surface area (Å²) in [5.41, 5.74) is -1.86. The molecule has 2 rings (SSSR count). The maximum Gasteiger partial charge on any atom is 0.283 e. The first-order valence-corrected chi connectivity index (χ1v) is 7.31. The van der Waals surface area contributed by atoms with Crippen LogP contribution in [0.2, 0.25) is 0 Å². The van der Waals surface area contributed by atoms with Gasteiger partial charge in [0.2, 0.25) is 0 Å². The third-order valence-corrected chi connectivity index (χ3v) is 3.25. The predicted molar refractivity (Wildman–Crippen MR) is 85.1 cm³/mol. The molecule has 0 unspecified atom stereocenters. The second kappa shape index (κ2) is 7.81. The normalized spacial score (nSPS) is 10.2. The molecule has 2 aromatic rings. The molecule has 0 aliphatic heterocycles. The number of aromatic nitrogens is 2. The van der Waals surface area contributed by atoms with Crippen molar-refractivity contribution in [3.8, 4) is 0 Å². The summed E-state index contributed by atoms with van der Waals surface area (Å²) in [5.74, 6) is -1.28. The minimum Gasteiger partial charge on any atom is -0.425 e. The Labute approximate surface area is 140 Å². The standard InChI is InChI=1S/C15H16N4O6/c20-12-6-1-4-10(18(12)24)14(22)16-8-3-9-17-15(23)11-5-2-7-13(21)19(11)25/h1-2,4-7,24-25H,3,8-9H2,(H,16,22)(H,17,23). The van der Waals surface area contributed by atoms with Gasteiger partial charge >= 0.3 is 0 Å². The number of hydrogen-bond donors (Lipinski definition) is 4. The zero-order chi connectivity index (χ0) is 18.4. The highest BCUT2D eigenvalue weighted by Gasteiger charge is 2.12. The van der Waals surface area contributed by atoms with Gasteiger partial charge in [-0.2, -0.15) is 0 Å². The van der Waals surface area contributed by atoms with Crippen LogP contribution in [0.3, 0.4) is 0 Å². The van der Waals surface area contributed by atoms with E-state index in [1.165, 1.54) is 24.3 Å². The van der Waals surface area contributed by atoms with Gasteiger partial charge in [-0.15, -0.1) is 9.46 Å². The van der Waals surface area contributed by atoms with Gasteiger partial charge < -0.3 is 21.0 Å². The molecule has 2 heterocycles. The highest BCUT2D eigenvalue weighted by Crippen LogP contribution is 1.95. The van der Waals surface area contributed by atoms with Gasteiger partial charge in [0, 0.05) is 25.2 Å². The Balaban J connectivity index is 1.80. The first-order chi connectivity index (χ1) is 11.9. The summed E-state index contributed by atoms with van der Waals surface area (Å²) in [7, 11) is 0. The number of rotatable bonds is 6. The Morgan fingerprint density at radius 2 is 1.20 bits per heavy atom. The second-order valence-corrected chi connectivity index (χ2v) is 4.99. The van der Waals surface area contributed by atoms with Gasteiger partial charge in [-0.1, -0.05) is 12.1 Å². The highest BCUT2D eigenvalue weighted by molar-refractivity contribution is 5.92. The molecular weight excluding hydrogens is 332 g/mol. The van der Waals surface area contributed by atoms with Crippen LogP contribution < -0.4 is 21.8 Å². The lowest BCUT2D eigenvalue weighted by molar-refractivity contribution is 0.0891. The average Bonchev–Trinajstić information content (AvgIpc) is 2.59. The van der Waals surface area contributed by atoms with E-state index in [1.807, 2.05) is 0 Å². The van der Waals surface area contributed by atoms with E-state index in [0.717, 1.165) is 12.1 Å². The van der Waals surface area contributed by atoms with Crippen molar-refractivity contribution in [2.24, 2.45) is 0 Å². The monoisotopic (exact) mass is 348 g/mol. The van der Waals surface area contributed by atoms with Crippen molar-refractivity contribution < 1.29 is 20.0 Å². The Hall–Kier alpha value is -3.56. The summed E-state index contributed by atoms with van der Waals surface area (Å²) < 4.78 is 0.486. The van der Waals surface area contributed by atoms with Crippen molar-refractivity contribution in [2.45, 2.75) is 6.42 Å². The maximum absolute atomic E-state index is 11.8. The Kier molecular flexibility index (Phi) is 5.56. The van der Waals surface area contributed by atoms with Crippen LogP contribution in [0.1, 0.15) is 27.4 Å². The molecule has 4 N–H and O–H groups in total. The van der Waals surface area contributed by atoms with E-state index in [9.17, 15) is 29.6 Å². The van der Waals surface area contributed by atoms with Crippen LogP contribution in [0.15, 0.2) is 46.0 Å². The maximum atomic E-state index is 11.8. The molecular formula is C15H16N4O6. The smallest absolute Gasteiger partial charge is 0.283 e. The SMILES string of the molecule is O=C(NCCCNC(=O)c1cccc(=O)n1O)c1cccc(=O)n1O. The summed E-state index contributed by atoms with van der Waals surface area (Å²) in [6.45, 7) is 0.339. The zero-order valence-corrected chi connectivity index (χ0v) is 13.0. The number of nitrogens with zero attached hydrogens (tertiary/aromatic N) is 2. The molecule has 25 heavy (non-hydrogen) atoms. The summed E-state index contributed by atoms with van der Waals surface area (Å²) in [6.07, 6.45) is 0.350. The molecule has 0 fully saturated rings. The summed E-state index contributed by atoms with van der Waals surface area (Å²) >= 11 is 0. The number of amides is 2. The van der Waals surface area contributed by atoms with Crippen LogP contribution in [0, 0.1) is 0 Å². The number of pyridine rings is 2. The molecule has 0 saturated carbocycles. The van der Waals surface area contributed by atoms with Gasteiger partial charge in [-0.3, -0.25) is 19.2 Å². The fourth-order valence-corrected chi connectivity index (χ4v) is 1.98. The van der Waals surface area contributed by atoms with Crippen LogP contribution in [0.5, 0.6) is 0 Å². The fraction of sp³-hybridized carbons (Fsp3) is 0.200. The molecule has 0 spiro atoms. The van der Waals surface area contributed by atoms with E-state index in [1.54, 1.807) is 0 Å². The van der Waals surface area contributed by atoms with E-state index >= 15 is 0 Å². The second-order valence-electron chi connectivity index (χ2n) is 4.99. The molecule has 2 amide bonds. The molecule has 0 aromatic carbocycles. The summed E-state index contributed by atoms with van der Waals surface area (Å²) in [4.78, 5) is 46.1. The first-order valence-electron chi connectivity index (χ1n) is 7.31. The van der Waals surface area contributed by atoms with Gasteiger partial charge in [0.1, 0.15) is 11.4 Å². The van der Waals surface area contributed by atoms with Crippen molar-refractivity contribution in [1.82, 2.24) is 20.1 Å². The van der Waals surface area contributed by atoms with Crippen LogP contribution in [-0.2, 0) is 0 Å². The number of carbonyl (C=O) groups is 2. The Morgan fingerprint density at radius 3 is 1.60 bits per heavy atom. The van der Waals surface area contributed by atoms with Gasteiger partial charge in [0.05, 0.1) is 0 Å². The molecule has 10 nitrogen and oxygen atoms in total. The van der Waals surface area contributed by atoms with Crippen molar-refractivity contribution >= 4 is 11.8 Å². The van der Waals surface area contributed by atoms with Crippen LogP contribution in [0.25, 0.3) is 0 Å². The van der Waals surface area contributed by atoms with Crippen LogP contribution >= 0.6 is 0 Å². The fourth-order valence-electron chi connectivity index (χ4n) is 1.98. The van der Waals surface area contributed by atoms with E-state index in [-0.39, 0.29) is 33.9 Å². The predicted octanol–water partition coefficient (Wildman–Crippen LogP) is -0.965. The lowest BCUT2D eigenvalue weighted by atomic mass is 10.3. The third kappa shape index (κ3) is 4.25. The molecule has 0 aliphatic rings. The molecule has 0 atom stereocenters. The average molecular weight is 348 g/mol. The van der Waals surface area contributed by atoms with E-state index < -0.39 is 22.9 Å². The Bertz CT molecular complexity index is 828. The molecule has 10 heteroatoms. The first kappa shape index (κ1) is 17.8. The minimum atomic E-state index is -0.724. The number of nitrogens with one attached hydrogen (secondary N) is 2. The number of hydrogen-bond acceptors (Lipinski definition) is 6. The largest absolute Gasteiger partial charge is 0.425 e. The van der Waals surface area contributed by atoms with Crippen molar-refractivity contribution in [2.75, 3.05) is 13.1 Å². The van der Waals surface area contributed by atoms with E-state index in [4.69, 9.17) is 0 Å². The molecule has 132 valence electrons. The molecule has 0 saturated heterocycles. The van der Waals surface area contributed by atoms with E-state index in [0.29, 0.717) is 6.42 Å². The van der Waals surface area contributed by atoms with Gasteiger partial charge in [-0.25, -0.2) is 0 Å². The summed E-state index contributed by atoms with van der Waals surface area (Å²) in [6, 6.07) is 7.48. The van der Waals surface area contributed by atoms with Crippen LogP contribution in [0.4, 0.5) is 0 Å². The van der Waals surface area contributed by atoms with E-state index in [2.05, 4.69) is 10.6 Å². The molecule has 0 aliphatic carbocycles. The highest BCUT2D eigenvalue weighted by atomic mass is 16.5. The molecule has 2 aromatic heterocycles.